The smallest absolute Gasteiger partial charge is 0.328 e. The quantitative estimate of drug-likeness (QED) is 0.304. The Labute approximate surface area is 251 Å². The van der Waals surface area contributed by atoms with Crippen LogP contribution in [0.3, 0.4) is 0 Å². The van der Waals surface area contributed by atoms with Crippen LogP contribution in [0.15, 0.2) is 29.2 Å². The van der Waals surface area contributed by atoms with Crippen LogP contribution in [0, 0.1) is 52.3 Å². The molecule has 4 fully saturated rings. The van der Waals surface area contributed by atoms with Gasteiger partial charge in [0.15, 0.2) is 0 Å². The van der Waals surface area contributed by atoms with Crippen LogP contribution in [0.5, 0.6) is 0 Å². The Morgan fingerprint density at radius 3 is 2.44 bits per heavy atom. The van der Waals surface area contributed by atoms with Gasteiger partial charge in [0.25, 0.3) is 10.0 Å². The second-order valence-electron chi connectivity index (χ2n) is 14.2. The fourth-order valence-corrected chi connectivity index (χ4v) is 11.9. The highest BCUT2D eigenvalue weighted by Crippen LogP contribution is 2.69. The average Bonchev–Trinajstić information content (AvgIpc) is 3.27. The molecule has 0 spiro atoms. The maximum Gasteiger partial charge on any atom is 0.328 e. The van der Waals surface area contributed by atoms with Crippen molar-refractivity contribution in [1.82, 2.24) is 10.0 Å². The van der Waals surface area contributed by atoms with Gasteiger partial charge in [-0.1, -0.05) is 57.8 Å². The molecule has 2 amide bonds. The summed E-state index contributed by atoms with van der Waals surface area (Å²) in [5.41, 5.74) is 0.337. The molecular weight excluding hydrogens is 560 g/mol. The number of hydrogen-bond donors (Lipinski definition) is 4. The van der Waals surface area contributed by atoms with E-state index in [2.05, 4.69) is 37.7 Å². The molecule has 11 atom stereocenters. The molecule has 0 saturated heterocycles. The minimum Gasteiger partial charge on any atom is -0.393 e. The van der Waals surface area contributed by atoms with Crippen LogP contribution in [0.1, 0.15) is 85.5 Å². The molecule has 0 radical (unpaired) electrons. The van der Waals surface area contributed by atoms with Crippen LogP contribution in [0.4, 0.5) is 4.79 Å². The lowest BCUT2D eigenvalue weighted by Crippen LogP contribution is -2.62. The fraction of sp³-hybridized carbons (Fsp3) is 0.781. The Balaban J connectivity index is 1.22. The maximum absolute atomic E-state index is 12.6. The lowest BCUT2D eigenvalue weighted by molar-refractivity contribution is -0.203. The Morgan fingerprint density at radius 2 is 1.73 bits per heavy atom. The number of aliphatic hydroxyl groups excluding tert-OH is 2. The number of carbonyl (C=O) groups is 1. The van der Waals surface area contributed by atoms with Gasteiger partial charge in [0.2, 0.25) is 0 Å². The number of sulfonamides is 1. The zero-order valence-electron chi connectivity index (χ0n) is 25.0. The third kappa shape index (κ3) is 5.44. The summed E-state index contributed by atoms with van der Waals surface area (Å²) < 4.78 is 27.3. The predicted octanol–water partition coefficient (Wildman–Crippen LogP) is 5.98. The monoisotopic (exact) mass is 608 g/mol. The molecule has 0 aliphatic heterocycles. The fourth-order valence-electron chi connectivity index (χ4n) is 10.4. The number of nitrogens with one attached hydrogen (secondary N) is 2. The highest BCUT2D eigenvalue weighted by Gasteiger charge is 2.64. The van der Waals surface area contributed by atoms with Crippen molar-refractivity contribution in [1.29, 1.82) is 0 Å². The minimum atomic E-state index is -4.05. The van der Waals surface area contributed by atoms with E-state index in [0.29, 0.717) is 42.1 Å². The van der Waals surface area contributed by atoms with Crippen LogP contribution in [0.25, 0.3) is 0 Å². The molecule has 4 N–H and O–H groups in total. The van der Waals surface area contributed by atoms with E-state index in [4.69, 9.17) is 11.6 Å². The van der Waals surface area contributed by atoms with E-state index < -0.39 is 16.1 Å². The molecule has 1 aromatic carbocycles. The van der Waals surface area contributed by atoms with Gasteiger partial charge in [-0.15, -0.1) is 0 Å². The van der Waals surface area contributed by atoms with Gasteiger partial charge in [-0.2, -0.15) is 0 Å². The number of fused-ring (bicyclic) bond motifs is 5. The van der Waals surface area contributed by atoms with Crippen molar-refractivity contribution in [3.8, 4) is 0 Å². The van der Waals surface area contributed by atoms with E-state index in [9.17, 15) is 23.4 Å². The van der Waals surface area contributed by atoms with Gasteiger partial charge in [0, 0.05) is 6.54 Å². The summed E-state index contributed by atoms with van der Waals surface area (Å²) in [4.78, 5) is 12.3. The van der Waals surface area contributed by atoms with Gasteiger partial charge in [-0.25, -0.2) is 17.9 Å². The van der Waals surface area contributed by atoms with Gasteiger partial charge in [0.1, 0.15) is 4.90 Å². The zero-order valence-corrected chi connectivity index (χ0v) is 26.6. The van der Waals surface area contributed by atoms with Gasteiger partial charge >= 0.3 is 6.03 Å². The van der Waals surface area contributed by atoms with Crippen LogP contribution < -0.4 is 10.0 Å². The first-order valence-corrected chi connectivity index (χ1v) is 17.6. The highest BCUT2D eigenvalue weighted by atomic mass is 35.5. The van der Waals surface area contributed by atoms with E-state index in [0.717, 1.165) is 57.8 Å². The van der Waals surface area contributed by atoms with Gasteiger partial charge in [-0.05, 0) is 116 Å². The number of benzene rings is 1. The van der Waals surface area contributed by atoms with Crippen molar-refractivity contribution >= 4 is 27.7 Å². The summed E-state index contributed by atoms with van der Waals surface area (Å²) in [5, 5.41) is 25.2. The molecular formula is C32H49ClN2O5S. The molecule has 0 aromatic heterocycles. The van der Waals surface area contributed by atoms with Gasteiger partial charge in [0.05, 0.1) is 17.2 Å². The largest absolute Gasteiger partial charge is 0.393 e. The van der Waals surface area contributed by atoms with E-state index >= 15 is 0 Å². The Kier molecular flexibility index (Phi) is 8.81. The molecule has 230 valence electrons. The topological polar surface area (TPSA) is 116 Å². The van der Waals surface area contributed by atoms with Crippen LogP contribution in [-0.2, 0) is 10.0 Å². The van der Waals surface area contributed by atoms with Crippen LogP contribution >= 0.6 is 11.6 Å². The summed E-state index contributed by atoms with van der Waals surface area (Å²) in [6, 6.07) is 5.31. The molecule has 4 aliphatic carbocycles. The standard InChI is InChI=1S/C32H49ClN2O5S/c1-5-21-25-18-20(36)12-15-32(25,4)24-13-16-31(3)22(10-11-23(31)28(24)29(21)37)19(2)14-17-34-30(38)35-41(39,40)27-9-7-6-8-26(27)33/h6-9,19-25,28-29,36-37H,5,10-18H2,1-4H3,(H2,34,35,38)/t19-,20-,21-,22?,23+,24+,25+,28+,29-,31-,32-/m1/s1. The summed E-state index contributed by atoms with van der Waals surface area (Å²) in [6.07, 6.45) is 8.51. The molecule has 41 heavy (non-hydrogen) atoms. The molecule has 0 bridgehead atoms. The van der Waals surface area contributed by atoms with Crippen LogP contribution in [0.2, 0.25) is 5.02 Å². The number of hydrogen-bond acceptors (Lipinski definition) is 5. The molecule has 1 unspecified atom stereocenters. The number of rotatable bonds is 7. The molecule has 9 heteroatoms. The first-order valence-electron chi connectivity index (χ1n) is 15.7. The SMILES string of the molecule is CC[C@H]1[C@@H](O)[C@@H]2[C@H](CC[C@]3(C)C([C@H](C)CCNC(=O)NS(=O)(=O)c4ccccc4Cl)CC[C@@H]23)[C@@]2(C)CC[C@@H](O)C[C@@H]12. The predicted molar refractivity (Wildman–Crippen MR) is 161 cm³/mol. The van der Waals surface area contributed by atoms with Crippen molar-refractivity contribution in [3.63, 3.8) is 0 Å². The van der Waals surface area contributed by atoms with E-state index in [1.807, 2.05) is 0 Å². The van der Waals surface area contributed by atoms with Crippen molar-refractivity contribution in [2.24, 2.45) is 52.3 Å². The Morgan fingerprint density at radius 1 is 1.05 bits per heavy atom. The van der Waals surface area contributed by atoms with Crippen molar-refractivity contribution in [2.45, 2.75) is 103 Å². The number of halogens is 1. The average molecular weight is 609 g/mol. The maximum atomic E-state index is 12.6. The van der Waals surface area contributed by atoms with Crippen LogP contribution in [-0.4, -0.2) is 43.4 Å². The molecule has 7 nitrogen and oxygen atoms in total. The van der Waals surface area contributed by atoms with Gasteiger partial charge in [-0.3, -0.25) is 0 Å². The van der Waals surface area contributed by atoms with Crippen molar-refractivity contribution < 1.29 is 23.4 Å². The summed E-state index contributed by atoms with van der Waals surface area (Å²) in [5.74, 6) is 2.81. The molecule has 0 heterocycles. The van der Waals surface area contributed by atoms with Gasteiger partial charge < -0.3 is 15.5 Å². The molecule has 1 aromatic rings. The molecule has 5 rings (SSSR count). The number of aliphatic hydroxyl groups is 2. The second kappa shape index (κ2) is 11.6. The summed E-state index contributed by atoms with van der Waals surface area (Å²) >= 11 is 6.02. The number of amides is 2. The van der Waals surface area contributed by atoms with Crippen molar-refractivity contribution in [2.75, 3.05) is 6.54 Å². The number of carbonyl (C=O) groups excluding carboxylic acids is 1. The molecule has 4 aliphatic rings. The second-order valence-corrected chi connectivity index (χ2v) is 16.2. The highest BCUT2D eigenvalue weighted by molar-refractivity contribution is 7.90. The minimum absolute atomic E-state index is 0.0686. The first-order chi connectivity index (χ1) is 19.3. The third-order valence-corrected chi connectivity index (χ3v) is 14.2. The summed E-state index contributed by atoms with van der Waals surface area (Å²) in [6.45, 7) is 9.77. The number of urea groups is 1. The third-order valence-electron chi connectivity index (χ3n) is 12.4. The van der Waals surface area contributed by atoms with E-state index in [1.165, 1.54) is 12.1 Å². The summed E-state index contributed by atoms with van der Waals surface area (Å²) in [7, 11) is -4.05. The Bertz CT molecular complexity index is 1230. The van der Waals surface area contributed by atoms with E-state index in [-0.39, 0.29) is 38.9 Å². The Hall–Kier alpha value is -1.35. The first kappa shape index (κ1) is 31.1. The normalized spacial score (nSPS) is 41.0. The lowest BCUT2D eigenvalue weighted by Gasteiger charge is -2.64. The zero-order chi connectivity index (χ0) is 29.7. The lowest BCUT2D eigenvalue weighted by atomic mass is 9.41. The molecule has 4 saturated carbocycles. The van der Waals surface area contributed by atoms with Crippen molar-refractivity contribution in [3.05, 3.63) is 29.3 Å². The van der Waals surface area contributed by atoms with E-state index in [1.54, 1.807) is 12.1 Å².